The van der Waals surface area contributed by atoms with Gasteiger partial charge in [0.1, 0.15) is 12.3 Å². The van der Waals surface area contributed by atoms with Crippen LogP contribution in [0.1, 0.15) is 28.6 Å². The number of benzene rings is 2. The largest absolute Gasteiger partial charge is 0.480 e. The molecule has 0 radical (unpaired) electrons. The number of thiol groups is 1. The molecule has 1 atom stereocenters. The van der Waals surface area contributed by atoms with E-state index < -0.39 is 12.0 Å². The third kappa shape index (κ3) is 7.02. The molecule has 1 aromatic heterocycles. The Morgan fingerprint density at radius 1 is 1.17 bits per heavy atom. The minimum atomic E-state index is -0.843. The van der Waals surface area contributed by atoms with Gasteiger partial charge in [-0.3, -0.25) is 14.9 Å². The molecule has 0 aliphatic carbocycles. The van der Waals surface area contributed by atoms with Crippen LogP contribution in [0.25, 0.3) is 10.4 Å². The third-order valence-corrected chi connectivity index (χ3v) is 6.13. The Balaban J connectivity index is 0.000000335. The highest BCUT2D eigenvalue weighted by Gasteiger charge is 2.15. The van der Waals surface area contributed by atoms with Gasteiger partial charge in [0.25, 0.3) is 0 Å². The van der Waals surface area contributed by atoms with Crippen molar-refractivity contribution in [1.82, 2.24) is 5.32 Å². The molecule has 0 spiro atoms. The van der Waals surface area contributed by atoms with Crippen LogP contribution in [0.5, 0.6) is 0 Å². The molecule has 0 saturated heterocycles. The zero-order valence-corrected chi connectivity index (χ0v) is 18.7. The van der Waals surface area contributed by atoms with E-state index in [1.54, 1.807) is 23.5 Å². The lowest BCUT2D eigenvalue weighted by Gasteiger charge is -2.11. The smallest absolute Gasteiger partial charge is 0.320 e. The molecule has 5 nitrogen and oxygen atoms in total. The van der Waals surface area contributed by atoms with E-state index >= 15 is 0 Å². The molecule has 158 valence electrons. The van der Waals surface area contributed by atoms with Gasteiger partial charge in [0, 0.05) is 39.5 Å². The topological polar surface area (TPSA) is 78.4 Å². The molecule has 3 rings (SSSR count). The molecule has 0 fully saturated rings. The Morgan fingerprint density at radius 2 is 1.83 bits per heavy atom. The zero-order chi connectivity index (χ0) is 21.9. The van der Waals surface area contributed by atoms with Crippen LogP contribution in [0.2, 0.25) is 0 Å². The number of carboxylic acid groups (broad SMARTS) is 1. The second-order valence-electron chi connectivity index (χ2n) is 6.45. The first-order valence-electron chi connectivity index (χ1n) is 9.54. The summed E-state index contributed by atoms with van der Waals surface area (Å²) in [6.07, 6.45) is 1.34. The summed E-state index contributed by atoms with van der Waals surface area (Å²) in [5, 5.41) is 15.1. The van der Waals surface area contributed by atoms with Crippen LogP contribution in [0.15, 0.2) is 65.6 Å². The van der Waals surface area contributed by atoms with Crippen molar-refractivity contribution in [3.63, 3.8) is 0 Å². The van der Waals surface area contributed by atoms with Gasteiger partial charge in [-0.15, -0.1) is 24.0 Å². The van der Waals surface area contributed by atoms with Gasteiger partial charge in [0.15, 0.2) is 0 Å². The Labute approximate surface area is 186 Å². The minimum Gasteiger partial charge on any atom is -0.480 e. The Bertz CT molecular complexity index is 941. The third-order valence-electron chi connectivity index (χ3n) is 4.40. The molecule has 0 bridgehead atoms. The first-order valence-corrected chi connectivity index (χ1v) is 10.8. The van der Waals surface area contributed by atoms with E-state index in [1.165, 1.54) is 0 Å². The van der Waals surface area contributed by atoms with Crippen LogP contribution in [0, 0.1) is 0 Å². The van der Waals surface area contributed by atoms with Crippen molar-refractivity contribution in [1.29, 1.82) is 0 Å². The molecular formula is C23H26N2O3S2. The minimum absolute atomic E-state index is 0.473. The highest BCUT2D eigenvalue weighted by atomic mass is 32.1. The van der Waals surface area contributed by atoms with Crippen LogP contribution < -0.4 is 10.6 Å². The standard InChI is InChI=1S/C16H17NO3S2.C7H9N/c1-2-12(16(19)20)17-8-15-13(21)7-14(22-15)11-5-3-10(9-18)4-6-11;1-8-7-5-3-2-4-6-7/h3-7,9,12,17,21H,2,8H2,1H3,(H,19,20);2-6,8H,1H3. The first kappa shape index (κ1) is 23.7. The van der Waals surface area contributed by atoms with Gasteiger partial charge in [-0.05, 0) is 30.2 Å². The maximum absolute atomic E-state index is 11.0. The number of aliphatic carboxylic acids is 1. The van der Waals surface area contributed by atoms with Crippen LogP contribution in [0.3, 0.4) is 0 Å². The molecule has 0 aliphatic heterocycles. The molecule has 1 unspecified atom stereocenters. The van der Waals surface area contributed by atoms with Gasteiger partial charge >= 0.3 is 5.97 Å². The van der Waals surface area contributed by atoms with E-state index in [1.807, 2.05) is 62.5 Å². The van der Waals surface area contributed by atoms with E-state index in [0.29, 0.717) is 18.5 Å². The number of carbonyl (C=O) groups excluding carboxylic acids is 1. The number of thiophene rings is 1. The molecule has 7 heteroatoms. The van der Waals surface area contributed by atoms with Gasteiger partial charge in [-0.25, -0.2) is 0 Å². The van der Waals surface area contributed by atoms with Crippen molar-refractivity contribution in [2.24, 2.45) is 0 Å². The summed E-state index contributed by atoms with van der Waals surface area (Å²) in [6, 6.07) is 18.8. The Kier molecular flexibility index (Phi) is 9.60. The monoisotopic (exact) mass is 442 g/mol. The number of carboxylic acids is 1. The van der Waals surface area contributed by atoms with Crippen LogP contribution in [0.4, 0.5) is 5.69 Å². The van der Waals surface area contributed by atoms with Gasteiger partial charge in [-0.2, -0.15) is 0 Å². The number of carbonyl (C=O) groups is 2. The maximum atomic E-state index is 11.0. The molecule has 0 aliphatic rings. The number of para-hydroxylation sites is 1. The first-order chi connectivity index (χ1) is 14.5. The highest BCUT2D eigenvalue weighted by molar-refractivity contribution is 7.80. The summed E-state index contributed by atoms with van der Waals surface area (Å²) >= 11 is 6.03. The lowest BCUT2D eigenvalue weighted by Crippen LogP contribution is -2.35. The quantitative estimate of drug-likeness (QED) is 0.285. The van der Waals surface area contributed by atoms with E-state index in [2.05, 4.69) is 23.3 Å². The molecule has 3 N–H and O–H groups in total. The summed E-state index contributed by atoms with van der Waals surface area (Å²) < 4.78 is 0. The van der Waals surface area contributed by atoms with E-state index in [0.717, 1.165) is 32.2 Å². The van der Waals surface area contributed by atoms with E-state index in [-0.39, 0.29) is 0 Å². The summed E-state index contributed by atoms with van der Waals surface area (Å²) in [6.45, 7) is 2.31. The van der Waals surface area contributed by atoms with E-state index in [4.69, 9.17) is 5.11 Å². The fraction of sp³-hybridized carbons (Fsp3) is 0.217. The normalized spacial score (nSPS) is 11.2. The van der Waals surface area contributed by atoms with Crippen molar-refractivity contribution in [2.45, 2.75) is 30.8 Å². The summed E-state index contributed by atoms with van der Waals surface area (Å²) in [5.74, 6) is -0.843. The van der Waals surface area contributed by atoms with Gasteiger partial charge < -0.3 is 10.4 Å². The number of nitrogens with one attached hydrogen (secondary N) is 2. The van der Waals surface area contributed by atoms with Crippen molar-refractivity contribution < 1.29 is 14.7 Å². The molecule has 0 amide bonds. The fourth-order valence-corrected chi connectivity index (χ4v) is 4.09. The second kappa shape index (κ2) is 12.2. The Hall–Kier alpha value is -2.61. The van der Waals surface area contributed by atoms with Crippen LogP contribution >= 0.6 is 24.0 Å². The molecule has 1 heterocycles. The van der Waals surface area contributed by atoms with Crippen LogP contribution in [-0.4, -0.2) is 30.5 Å². The van der Waals surface area contributed by atoms with Crippen LogP contribution in [-0.2, 0) is 11.3 Å². The number of rotatable bonds is 8. The predicted octanol–water partition coefficient (Wildman–Crippen LogP) is 5.20. The average molecular weight is 443 g/mol. The van der Waals surface area contributed by atoms with Gasteiger partial charge in [-0.1, -0.05) is 49.4 Å². The molecule has 0 saturated carbocycles. The molecule has 30 heavy (non-hydrogen) atoms. The number of hydrogen-bond donors (Lipinski definition) is 4. The van der Waals surface area contributed by atoms with Crippen molar-refractivity contribution in [3.05, 3.63) is 71.1 Å². The molecule has 2 aromatic carbocycles. The van der Waals surface area contributed by atoms with Crippen molar-refractivity contribution in [3.8, 4) is 10.4 Å². The molecule has 3 aromatic rings. The van der Waals surface area contributed by atoms with Gasteiger partial charge in [0.2, 0.25) is 0 Å². The number of aldehydes is 1. The Morgan fingerprint density at radius 3 is 2.33 bits per heavy atom. The fourth-order valence-electron chi connectivity index (χ4n) is 2.64. The number of anilines is 1. The van der Waals surface area contributed by atoms with Crippen molar-refractivity contribution in [2.75, 3.05) is 12.4 Å². The lowest BCUT2D eigenvalue weighted by molar-refractivity contribution is -0.139. The average Bonchev–Trinajstić information content (AvgIpc) is 3.15. The maximum Gasteiger partial charge on any atom is 0.320 e. The SMILES string of the molecule is CCC(NCc1sc(-c2ccc(C=O)cc2)cc1S)C(=O)O.CNc1ccccc1. The number of hydrogen-bond acceptors (Lipinski definition) is 6. The molecular weight excluding hydrogens is 416 g/mol. The van der Waals surface area contributed by atoms with Crippen molar-refractivity contribution >= 4 is 41.9 Å². The van der Waals surface area contributed by atoms with Gasteiger partial charge in [0.05, 0.1) is 0 Å². The zero-order valence-electron chi connectivity index (χ0n) is 17.0. The summed E-state index contributed by atoms with van der Waals surface area (Å²) in [7, 11) is 1.91. The van der Waals surface area contributed by atoms with E-state index in [9.17, 15) is 9.59 Å². The second-order valence-corrected chi connectivity index (χ2v) is 8.07. The summed E-state index contributed by atoms with van der Waals surface area (Å²) in [4.78, 5) is 24.6. The lowest BCUT2D eigenvalue weighted by atomic mass is 10.1. The predicted molar refractivity (Wildman–Crippen MR) is 127 cm³/mol. The highest BCUT2D eigenvalue weighted by Crippen LogP contribution is 2.33. The summed E-state index contributed by atoms with van der Waals surface area (Å²) in [5.41, 5.74) is 2.82.